The number of allylic oxidation sites excluding steroid dienone is 1. The minimum absolute atomic E-state index is 0.729. The molecule has 0 radical (unpaired) electrons. The van der Waals surface area contributed by atoms with Gasteiger partial charge in [0.2, 0.25) is 0 Å². The van der Waals surface area contributed by atoms with E-state index in [0.29, 0.717) is 0 Å². The fourth-order valence-electron chi connectivity index (χ4n) is 2.30. The van der Waals surface area contributed by atoms with E-state index >= 15 is 0 Å². The quantitative estimate of drug-likeness (QED) is 0.513. The van der Waals surface area contributed by atoms with Gasteiger partial charge in [-0.1, -0.05) is 12.5 Å². The van der Waals surface area contributed by atoms with Crippen molar-refractivity contribution in [1.82, 2.24) is 10.2 Å². The monoisotopic (exact) mass is 210 g/mol. The van der Waals surface area contributed by atoms with Crippen molar-refractivity contribution in [2.75, 3.05) is 26.7 Å². The second kappa shape index (κ2) is 7.89. The molecule has 0 bridgehead atoms. The first kappa shape index (κ1) is 12.7. The van der Waals surface area contributed by atoms with E-state index in [1.54, 1.807) is 0 Å². The van der Waals surface area contributed by atoms with Gasteiger partial charge in [-0.2, -0.15) is 0 Å². The van der Waals surface area contributed by atoms with E-state index in [2.05, 4.69) is 23.8 Å². The zero-order chi connectivity index (χ0) is 10.9. The maximum Gasteiger partial charge on any atom is 0.0192 e. The maximum atomic E-state index is 3.75. The molecule has 0 amide bonds. The summed E-state index contributed by atoms with van der Waals surface area (Å²) in [4.78, 5) is 2.61. The smallest absolute Gasteiger partial charge is 0.0192 e. The number of nitrogens with zero attached hydrogens (tertiary/aromatic N) is 1. The van der Waals surface area contributed by atoms with Crippen LogP contribution in [0.5, 0.6) is 0 Å². The zero-order valence-electron chi connectivity index (χ0n) is 10.2. The molecule has 1 N–H and O–H groups in total. The lowest BCUT2D eigenvalue weighted by molar-refractivity contribution is 0.192. The Labute approximate surface area is 94.7 Å². The molecule has 2 nitrogen and oxygen atoms in total. The third-order valence-electron chi connectivity index (χ3n) is 3.30. The van der Waals surface area contributed by atoms with Gasteiger partial charge in [0.05, 0.1) is 0 Å². The standard InChI is InChI=1S/C13H26N2/c1-3-4-5-6-7-10-15-11-8-9-13(12-15)14-2/h3,13-14H,1,4-12H2,2H3. The predicted octanol–water partition coefficient (Wildman–Crippen LogP) is 2.42. The number of hydrogen-bond acceptors (Lipinski definition) is 2. The highest BCUT2D eigenvalue weighted by Crippen LogP contribution is 2.11. The van der Waals surface area contributed by atoms with Gasteiger partial charge in [0, 0.05) is 12.6 Å². The molecule has 1 atom stereocenters. The maximum absolute atomic E-state index is 3.75. The van der Waals surface area contributed by atoms with E-state index in [4.69, 9.17) is 0 Å². The molecule has 0 spiro atoms. The number of unbranched alkanes of at least 4 members (excludes halogenated alkanes) is 3. The third-order valence-corrected chi connectivity index (χ3v) is 3.30. The topological polar surface area (TPSA) is 15.3 Å². The van der Waals surface area contributed by atoms with Gasteiger partial charge >= 0.3 is 0 Å². The summed E-state index contributed by atoms with van der Waals surface area (Å²) in [6.45, 7) is 7.59. The molecule has 1 rings (SSSR count). The van der Waals surface area contributed by atoms with Crippen LogP contribution in [-0.2, 0) is 0 Å². The normalized spacial score (nSPS) is 22.9. The summed E-state index contributed by atoms with van der Waals surface area (Å²) in [6.07, 6.45) is 9.93. The van der Waals surface area contributed by atoms with Gasteiger partial charge in [-0.15, -0.1) is 6.58 Å². The second-order valence-electron chi connectivity index (χ2n) is 4.57. The molecule has 1 saturated heterocycles. The van der Waals surface area contributed by atoms with Gasteiger partial charge in [-0.05, 0) is 52.2 Å². The average Bonchev–Trinajstić information content (AvgIpc) is 2.29. The first-order valence-corrected chi connectivity index (χ1v) is 6.37. The molecule has 1 aliphatic rings. The SMILES string of the molecule is C=CCCCCCN1CCCC(NC)C1. The highest BCUT2D eigenvalue weighted by atomic mass is 15.2. The lowest BCUT2D eigenvalue weighted by atomic mass is 10.1. The van der Waals surface area contributed by atoms with E-state index < -0.39 is 0 Å². The van der Waals surface area contributed by atoms with Crippen molar-refractivity contribution >= 4 is 0 Å². The fraction of sp³-hybridized carbons (Fsp3) is 0.846. The summed E-state index contributed by atoms with van der Waals surface area (Å²) in [5.41, 5.74) is 0. The van der Waals surface area contributed by atoms with Crippen LogP contribution in [0.15, 0.2) is 12.7 Å². The number of rotatable bonds is 7. The Morgan fingerprint density at radius 3 is 3.00 bits per heavy atom. The van der Waals surface area contributed by atoms with Crippen LogP contribution >= 0.6 is 0 Å². The van der Waals surface area contributed by atoms with Crippen molar-refractivity contribution in [3.05, 3.63) is 12.7 Å². The summed E-state index contributed by atoms with van der Waals surface area (Å²) >= 11 is 0. The van der Waals surface area contributed by atoms with Crippen molar-refractivity contribution < 1.29 is 0 Å². The van der Waals surface area contributed by atoms with Crippen LogP contribution in [0.4, 0.5) is 0 Å². The molecule has 0 aromatic rings. The molecule has 0 saturated carbocycles. The lowest BCUT2D eigenvalue weighted by Gasteiger charge is -2.32. The first-order chi connectivity index (χ1) is 7.36. The van der Waals surface area contributed by atoms with Crippen molar-refractivity contribution in [3.63, 3.8) is 0 Å². The van der Waals surface area contributed by atoms with E-state index in [1.165, 1.54) is 58.2 Å². The molecule has 0 aromatic carbocycles. The molecule has 1 aliphatic heterocycles. The molecule has 0 aliphatic carbocycles. The first-order valence-electron chi connectivity index (χ1n) is 6.37. The number of likely N-dealkylation sites (N-methyl/N-ethyl adjacent to an activating group) is 1. The average molecular weight is 210 g/mol. The van der Waals surface area contributed by atoms with Gasteiger partial charge in [0.1, 0.15) is 0 Å². The van der Waals surface area contributed by atoms with Crippen LogP contribution in [0.1, 0.15) is 38.5 Å². The Morgan fingerprint density at radius 1 is 1.40 bits per heavy atom. The predicted molar refractivity (Wildman–Crippen MR) is 67.2 cm³/mol. The largest absolute Gasteiger partial charge is 0.316 e. The summed E-state index contributed by atoms with van der Waals surface area (Å²) in [5, 5.41) is 3.39. The number of piperidine rings is 1. The van der Waals surface area contributed by atoms with Crippen molar-refractivity contribution in [2.45, 2.75) is 44.6 Å². The molecule has 2 heteroatoms. The Bertz CT molecular complexity index is 168. The van der Waals surface area contributed by atoms with Crippen molar-refractivity contribution in [3.8, 4) is 0 Å². The lowest BCUT2D eigenvalue weighted by Crippen LogP contribution is -2.44. The minimum Gasteiger partial charge on any atom is -0.316 e. The van der Waals surface area contributed by atoms with Crippen molar-refractivity contribution in [1.29, 1.82) is 0 Å². The number of nitrogens with one attached hydrogen (secondary N) is 1. The van der Waals surface area contributed by atoms with Crippen LogP contribution < -0.4 is 5.32 Å². The Kier molecular flexibility index (Phi) is 6.69. The summed E-state index contributed by atoms with van der Waals surface area (Å²) in [6, 6.07) is 0.729. The van der Waals surface area contributed by atoms with Gasteiger partial charge in [0.25, 0.3) is 0 Å². The number of likely N-dealkylation sites (tertiary alicyclic amines) is 1. The molecule has 1 fully saturated rings. The van der Waals surface area contributed by atoms with Crippen LogP contribution in [0, 0.1) is 0 Å². The van der Waals surface area contributed by atoms with Gasteiger partial charge in [-0.3, -0.25) is 0 Å². The summed E-state index contributed by atoms with van der Waals surface area (Å²) < 4.78 is 0. The minimum atomic E-state index is 0.729. The Hall–Kier alpha value is -0.340. The Balaban J connectivity index is 2.02. The van der Waals surface area contributed by atoms with E-state index in [9.17, 15) is 0 Å². The molecular formula is C13H26N2. The third kappa shape index (κ3) is 5.33. The molecule has 0 aromatic heterocycles. The van der Waals surface area contributed by atoms with Gasteiger partial charge in [0.15, 0.2) is 0 Å². The molecule has 1 unspecified atom stereocenters. The second-order valence-corrected chi connectivity index (χ2v) is 4.57. The highest BCUT2D eigenvalue weighted by molar-refractivity contribution is 4.76. The van der Waals surface area contributed by atoms with E-state index in [1.807, 2.05) is 6.08 Å². The van der Waals surface area contributed by atoms with Crippen LogP contribution in [0.2, 0.25) is 0 Å². The van der Waals surface area contributed by atoms with Crippen LogP contribution in [-0.4, -0.2) is 37.6 Å². The summed E-state index contributed by atoms with van der Waals surface area (Å²) in [7, 11) is 2.08. The van der Waals surface area contributed by atoms with E-state index in [0.717, 1.165) is 6.04 Å². The number of hydrogen-bond donors (Lipinski definition) is 1. The fourth-order valence-corrected chi connectivity index (χ4v) is 2.30. The van der Waals surface area contributed by atoms with Gasteiger partial charge < -0.3 is 10.2 Å². The highest BCUT2D eigenvalue weighted by Gasteiger charge is 2.17. The summed E-state index contributed by atoms with van der Waals surface area (Å²) in [5.74, 6) is 0. The molecule has 15 heavy (non-hydrogen) atoms. The zero-order valence-corrected chi connectivity index (χ0v) is 10.2. The molecule has 88 valence electrons. The van der Waals surface area contributed by atoms with Crippen LogP contribution in [0.3, 0.4) is 0 Å². The van der Waals surface area contributed by atoms with Gasteiger partial charge in [-0.25, -0.2) is 0 Å². The van der Waals surface area contributed by atoms with E-state index in [-0.39, 0.29) is 0 Å². The molecule has 1 heterocycles. The van der Waals surface area contributed by atoms with Crippen molar-refractivity contribution in [2.24, 2.45) is 0 Å². The molecular weight excluding hydrogens is 184 g/mol. The Morgan fingerprint density at radius 2 is 2.27 bits per heavy atom. The van der Waals surface area contributed by atoms with Crippen LogP contribution in [0.25, 0.3) is 0 Å².